The van der Waals surface area contributed by atoms with Gasteiger partial charge in [-0.3, -0.25) is 29.8 Å². The second-order valence-corrected chi connectivity index (χ2v) is 5.95. The van der Waals surface area contributed by atoms with Crippen molar-refractivity contribution >= 4 is 22.9 Å². The molecule has 0 bridgehead atoms. The number of carbonyl (C=O) groups excluding carboxylic acids is 2. The summed E-state index contributed by atoms with van der Waals surface area (Å²) in [5, 5.41) is 38.5. The van der Waals surface area contributed by atoms with Crippen LogP contribution in [0, 0.1) is 20.2 Å². The molecular formula is C20H20N2O8Ti+2. The van der Waals surface area contributed by atoms with E-state index in [1.165, 1.54) is 74.5 Å². The van der Waals surface area contributed by atoms with Gasteiger partial charge in [0, 0.05) is 46.0 Å². The number of nitrogens with zero attached hydrogens (tertiary/aromatic N) is 2. The van der Waals surface area contributed by atoms with Crippen LogP contribution in [-0.2, 0) is 21.7 Å². The molecule has 0 aliphatic rings. The minimum atomic E-state index is -0.520. The molecule has 0 heterocycles. The molecule has 10 nitrogen and oxygen atoms in total. The zero-order valence-corrected chi connectivity index (χ0v) is 18.2. The molecule has 0 radical (unpaired) electrons. The van der Waals surface area contributed by atoms with E-state index in [4.69, 9.17) is 10.2 Å². The van der Waals surface area contributed by atoms with Crippen LogP contribution in [0.5, 0.6) is 0 Å². The van der Waals surface area contributed by atoms with E-state index < -0.39 is 9.85 Å². The van der Waals surface area contributed by atoms with Gasteiger partial charge < -0.3 is 10.2 Å². The van der Waals surface area contributed by atoms with E-state index >= 15 is 0 Å². The van der Waals surface area contributed by atoms with E-state index in [1.54, 1.807) is 0 Å². The first-order chi connectivity index (χ1) is 14.0. The summed E-state index contributed by atoms with van der Waals surface area (Å²) in [5.41, 5.74) is 0.732. The number of nitro groups is 2. The Morgan fingerprint density at radius 2 is 1.00 bits per heavy atom. The molecule has 0 unspecified atom stereocenters. The topological polar surface area (TPSA) is 170 Å². The van der Waals surface area contributed by atoms with Crippen molar-refractivity contribution in [3.05, 3.63) is 104 Å². The Morgan fingerprint density at radius 1 is 0.742 bits per heavy atom. The number of ketones is 2. The Bertz CT molecular complexity index is 921. The first-order valence-corrected chi connectivity index (χ1v) is 8.37. The number of benzene rings is 2. The van der Waals surface area contributed by atoms with Gasteiger partial charge in [-0.2, -0.15) is 0 Å². The zero-order valence-electron chi connectivity index (χ0n) is 16.6. The molecule has 2 rings (SSSR count). The van der Waals surface area contributed by atoms with Gasteiger partial charge in [-0.15, -0.1) is 0 Å². The first kappa shape index (κ1) is 27.4. The van der Waals surface area contributed by atoms with Crippen molar-refractivity contribution in [3.8, 4) is 0 Å². The maximum atomic E-state index is 10.3. The van der Waals surface area contributed by atoms with Crippen LogP contribution in [0.1, 0.15) is 25.0 Å². The summed E-state index contributed by atoms with van der Waals surface area (Å²) < 4.78 is 0. The van der Waals surface area contributed by atoms with Gasteiger partial charge in [0.2, 0.25) is 0 Å². The third kappa shape index (κ3) is 9.61. The fourth-order valence-corrected chi connectivity index (χ4v) is 2.07. The quantitative estimate of drug-likeness (QED) is 0.125. The molecule has 31 heavy (non-hydrogen) atoms. The minimum absolute atomic E-state index is 0. The maximum absolute atomic E-state index is 10.3. The molecule has 4 N–H and O–H groups in total. The molecule has 2 aromatic carbocycles. The average molecular weight is 464 g/mol. The molecule has 0 fully saturated rings. The van der Waals surface area contributed by atoms with Crippen LogP contribution in [0.4, 0.5) is 11.4 Å². The van der Waals surface area contributed by atoms with Crippen molar-refractivity contribution in [1.29, 1.82) is 0 Å². The summed E-state index contributed by atoms with van der Waals surface area (Å²) in [7, 11) is 0. The van der Waals surface area contributed by atoms with Gasteiger partial charge in [0.05, 0.1) is 44.6 Å². The number of allylic oxidation sites excluding steroid dienone is 4. The van der Waals surface area contributed by atoms with E-state index in [9.17, 15) is 29.8 Å². The molecule has 160 valence electrons. The van der Waals surface area contributed by atoms with Crippen LogP contribution >= 0.6 is 0 Å². The molecule has 0 atom stereocenters. The van der Waals surface area contributed by atoms with E-state index in [0.29, 0.717) is 11.1 Å². The average Bonchev–Trinajstić information content (AvgIpc) is 2.67. The molecule has 11 heteroatoms. The minimum Gasteiger partial charge on any atom is -0.512 e. The molecular weight excluding hydrogens is 444 g/mol. The van der Waals surface area contributed by atoms with Crippen LogP contribution in [0.2, 0.25) is 0 Å². The summed E-state index contributed by atoms with van der Waals surface area (Å²) in [4.78, 5) is 38.5. The molecule has 0 aliphatic carbocycles. The predicted molar refractivity (Wildman–Crippen MR) is 111 cm³/mol. The maximum Gasteiger partial charge on any atom is 0.350 e. The van der Waals surface area contributed by atoms with E-state index in [1.807, 2.05) is 0 Å². The third-order valence-corrected chi connectivity index (χ3v) is 3.44. The summed E-state index contributed by atoms with van der Waals surface area (Å²) in [6, 6.07) is 10.8. The Morgan fingerprint density at radius 3 is 1.19 bits per heavy atom. The monoisotopic (exact) mass is 464 g/mol. The molecule has 0 saturated carbocycles. The molecule has 0 saturated heterocycles. The largest absolute Gasteiger partial charge is 0.512 e. The number of nitro benzene ring substituents is 2. The number of rotatable bonds is 6. The van der Waals surface area contributed by atoms with Gasteiger partial charge in [0.15, 0.2) is 0 Å². The van der Waals surface area contributed by atoms with Crippen molar-refractivity contribution in [2.75, 3.05) is 0 Å². The zero-order chi connectivity index (χ0) is 22.8. The fraction of sp³-hybridized carbons (Fsp3) is 0.100. The standard InChI is InChI=1S/2C10H9NO4.Ti/c2*1-7(12)6-10(13)8-2-4-9(5-3-8)11(14)15;/h2*2-6,12H,1H3;/p+2/b2*7-6-;. The summed E-state index contributed by atoms with van der Waals surface area (Å²) in [6.45, 7) is 2.84. The van der Waals surface area contributed by atoms with Crippen molar-refractivity contribution in [2.45, 2.75) is 13.8 Å². The second-order valence-electron chi connectivity index (χ2n) is 5.95. The van der Waals surface area contributed by atoms with Crippen molar-refractivity contribution in [2.24, 2.45) is 0 Å². The van der Waals surface area contributed by atoms with Gasteiger partial charge in [-0.25, -0.2) is 0 Å². The van der Waals surface area contributed by atoms with Crippen LogP contribution in [0.25, 0.3) is 0 Å². The number of aliphatic hydroxyl groups is 2. The number of hydrogen-bond acceptors (Lipinski definition) is 6. The Hall–Kier alpha value is -3.63. The summed E-state index contributed by atoms with van der Waals surface area (Å²) >= 11 is 0. The van der Waals surface area contributed by atoms with E-state index in [0.717, 1.165) is 0 Å². The van der Waals surface area contributed by atoms with Crippen molar-refractivity contribution in [3.63, 3.8) is 0 Å². The van der Waals surface area contributed by atoms with Crippen LogP contribution in [0.15, 0.2) is 72.2 Å². The Labute approximate surface area is 191 Å². The molecule has 0 spiro atoms. The summed E-state index contributed by atoms with van der Waals surface area (Å²) in [6.07, 6.45) is 2.34. The smallest absolute Gasteiger partial charge is 0.350 e. The SMILES string of the molecule is C/C(O)=C/C(=[OH+])c1ccc([N+](=O)[O-])cc1.C/C(O)=C/C(=[OH+])c1ccc([N+](=O)[O-])cc1.[Ti]. The fourth-order valence-electron chi connectivity index (χ4n) is 2.07. The first-order valence-electron chi connectivity index (χ1n) is 8.37. The summed E-state index contributed by atoms with van der Waals surface area (Å²) in [5.74, 6) is -0.341. The van der Waals surface area contributed by atoms with E-state index in [2.05, 4.69) is 0 Å². The number of aliphatic hydroxyl groups excluding tert-OH is 2. The van der Waals surface area contributed by atoms with Gasteiger partial charge in [0.1, 0.15) is 0 Å². The van der Waals surface area contributed by atoms with E-state index in [-0.39, 0.29) is 56.2 Å². The third-order valence-electron chi connectivity index (χ3n) is 3.44. The molecule has 0 aromatic heterocycles. The van der Waals surface area contributed by atoms with Gasteiger partial charge in [-0.05, 0) is 38.1 Å². The normalized spacial score (nSPS) is 10.8. The molecule has 2 aromatic rings. The van der Waals surface area contributed by atoms with Crippen molar-refractivity contribution < 1.29 is 51.4 Å². The van der Waals surface area contributed by atoms with Crippen LogP contribution in [0.3, 0.4) is 0 Å². The van der Waals surface area contributed by atoms with Gasteiger partial charge >= 0.3 is 11.6 Å². The predicted octanol–water partition coefficient (Wildman–Crippen LogP) is 3.90. The second kappa shape index (κ2) is 12.8. The van der Waals surface area contributed by atoms with Crippen molar-refractivity contribution in [1.82, 2.24) is 0 Å². The van der Waals surface area contributed by atoms with Gasteiger partial charge in [0.25, 0.3) is 11.4 Å². The number of non-ortho nitro benzene ring substituents is 2. The Balaban J connectivity index is 0.000000562. The van der Waals surface area contributed by atoms with Gasteiger partial charge in [-0.1, -0.05) is 0 Å². The molecule has 0 aliphatic heterocycles. The van der Waals surface area contributed by atoms with Crippen LogP contribution in [-0.4, -0.2) is 41.2 Å². The number of hydrogen-bond donors (Lipinski definition) is 2. The molecule has 0 amide bonds. The Kier molecular flexibility index (Phi) is 11.3. The van der Waals surface area contributed by atoms with Crippen LogP contribution < -0.4 is 0 Å².